The lowest BCUT2D eigenvalue weighted by atomic mass is 9.87. The summed E-state index contributed by atoms with van der Waals surface area (Å²) in [6.07, 6.45) is 1.33. The largest absolute Gasteiger partial charge is 0.511 e. The monoisotopic (exact) mass is 233 g/mol. The van der Waals surface area contributed by atoms with Crippen LogP contribution in [-0.4, -0.2) is 39.3 Å². The molecule has 1 aromatic carbocycles. The molecule has 0 saturated carbocycles. The molecule has 0 bridgehead atoms. The van der Waals surface area contributed by atoms with Crippen LogP contribution in [0, 0.1) is 0 Å². The van der Waals surface area contributed by atoms with Gasteiger partial charge in [0.15, 0.2) is 0 Å². The molecule has 0 radical (unpaired) electrons. The highest BCUT2D eigenvalue weighted by Crippen LogP contribution is 2.11. The summed E-state index contributed by atoms with van der Waals surface area (Å²) in [4.78, 5) is 1.40. The second kappa shape index (κ2) is 4.98. The van der Waals surface area contributed by atoms with Crippen LogP contribution in [0.25, 0.3) is 0 Å². The Morgan fingerprint density at radius 1 is 1.29 bits per heavy atom. The quantitative estimate of drug-likeness (QED) is 0.663. The molecular formula is C10H12BN3O3. The molecular weight excluding hydrogens is 221 g/mol. The van der Waals surface area contributed by atoms with Gasteiger partial charge in [0.25, 0.3) is 0 Å². The van der Waals surface area contributed by atoms with Crippen LogP contribution < -0.4 is 10.3 Å². The minimum Gasteiger partial charge on any atom is -0.497 e. The average Bonchev–Trinajstić information content (AvgIpc) is 2.79. The summed E-state index contributed by atoms with van der Waals surface area (Å²) in [5, 5.41) is 25.6. The van der Waals surface area contributed by atoms with Crippen LogP contribution in [0.15, 0.2) is 30.5 Å². The fourth-order valence-corrected chi connectivity index (χ4v) is 1.40. The highest BCUT2D eigenvalue weighted by molar-refractivity contribution is 6.57. The van der Waals surface area contributed by atoms with E-state index in [1.807, 2.05) is 24.3 Å². The minimum atomic E-state index is -1.58. The van der Waals surface area contributed by atoms with E-state index >= 15 is 0 Å². The Morgan fingerprint density at radius 2 is 2.00 bits per heavy atom. The topological polar surface area (TPSA) is 80.4 Å². The van der Waals surface area contributed by atoms with Crippen molar-refractivity contribution in [2.24, 2.45) is 0 Å². The molecule has 0 atom stereocenters. The van der Waals surface area contributed by atoms with Crippen LogP contribution in [0.2, 0.25) is 0 Å². The normalized spacial score (nSPS) is 10.3. The lowest BCUT2D eigenvalue weighted by Gasteiger charge is -2.02. The molecule has 0 aliphatic carbocycles. The van der Waals surface area contributed by atoms with Crippen molar-refractivity contribution in [3.8, 4) is 5.75 Å². The van der Waals surface area contributed by atoms with Crippen LogP contribution in [0.1, 0.15) is 5.56 Å². The number of hydrogen-bond donors (Lipinski definition) is 2. The summed E-state index contributed by atoms with van der Waals surface area (Å²) >= 11 is 0. The number of benzene rings is 1. The highest BCUT2D eigenvalue weighted by atomic mass is 16.5. The lowest BCUT2D eigenvalue weighted by Crippen LogP contribution is -2.31. The molecule has 1 heterocycles. The van der Waals surface area contributed by atoms with E-state index in [1.165, 1.54) is 11.0 Å². The Kier molecular flexibility index (Phi) is 3.41. The molecule has 2 aromatic rings. The molecule has 88 valence electrons. The van der Waals surface area contributed by atoms with Gasteiger partial charge in [0.2, 0.25) is 0 Å². The zero-order chi connectivity index (χ0) is 12.3. The predicted octanol–water partition coefficient (Wildman–Crippen LogP) is -0.985. The van der Waals surface area contributed by atoms with E-state index in [0.29, 0.717) is 6.54 Å². The number of nitrogens with zero attached hydrogens (tertiary/aromatic N) is 3. The van der Waals surface area contributed by atoms with Crippen molar-refractivity contribution in [3.05, 3.63) is 36.0 Å². The molecule has 17 heavy (non-hydrogen) atoms. The summed E-state index contributed by atoms with van der Waals surface area (Å²) in [6, 6.07) is 7.50. The Morgan fingerprint density at radius 3 is 2.53 bits per heavy atom. The fourth-order valence-electron chi connectivity index (χ4n) is 1.40. The maximum atomic E-state index is 8.89. The first-order chi connectivity index (χ1) is 8.19. The van der Waals surface area contributed by atoms with Crippen LogP contribution in [-0.2, 0) is 6.54 Å². The van der Waals surface area contributed by atoms with Crippen molar-refractivity contribution >= 4 is 12.7 Å². The number of rotatable bonds is 4. The maximum absolute atomic E-state index is 8.89. The number of methoxy groups -OCH3 is 1. The summed E-state index contributed by atoms with van der Waals surface area (Å²) < 4.78 is 5.05. The predicted molar refractivity (Wildman–Crippen MR) is 61.9 cm³/mol. The summed E-state index contributed by atoms with van der Waals surface area (Å²) in [5.74, 6) is 0.786. The van der Waals surface area contributed by atoms with Gasteiger partial charge >= 0.3 is 7.12 Å². The van der Waals surface area contributed by atoms with Gasteiger partial charge in [-0.05, 0) is 17.7 Å². The summed E-state index contributed by atoms with van der Waals surface area (Å²) in [6.45, 7) is 0.469. The molecule has 0 unspecified atom stereocenters. The second-order valence-corrected chi connectivity index (χ2v) is 3.52. The molecule has 0 fully saturated rings. The summed E-state index contributed by atoms with van der Waals surface area (Å²) in [5.41, 5.74) is 1.14. The molecule has 0 aliphatic heterocycles. The van der Waals surface area contributed by atoms with Gasteiger partial charge < -0.3 is 14.8 Å². The van der Waals surface area contributed by atoms with Crippen molar-refractivity contribution in [1.82, 2.24) is 15.0 Å². The Hall–Kier alpha value is -1.86. The van der Waals surface area contributed by atoms with E-state index in [2.05, 4.69) is 10.2 Å². The van der Waals surface area contributed by atoms with E-state index in [4.69, 9.17) is 14.8 Å². The molecule has 2 rings (SSSR count). The maximum Gasteiger partial charge on any atom is 0.511 e. The zero-order valence-corrected chi connectivity index (χ0v) is 9.32. The van der Waals surface area contributed by atoms with Gasteiger partial charge in [0.1, 0.15) is 11.3 Å². The van der Waals surface area contributed by atoms with Crippen LogP contribution in [0.4, 0.5) is 0 Å². The number of hydrogen-bond acceptors (Lipinski definition) is 5. The standard InChI is InChI=1S/C10H12BN3O3/c1-17-9-4-2-8(3-5-9)7-14-12-6-10(13-14)11(15)16/h2-6,15-16H,7H2,1H3. The van der Waals surface area contributed by atoms with E-state index in [0.717, 1.165) is 11.3 Å². The SMILES string of the molecule is COc1ccc(Cn2ncc(B(O)O)n2)cc1. The third-order valence-corrected chi connectivity index (χ3v) is 2.30. The Balaban J connectivity index is 2.08. The van der Waals surface area contributed by atoms with Crippen LogP contribution in [0.5, 0.6) is 5.75 Å². The fraction of sp³-hybridized carbons (Fsp3) is 0.200. The molecule has 0 amide bonds. The first kappa shape index (κ1) is 11.6. The van der Waals surface area contributed by atoms with Gasteiger partial charge in [-0.1, -0.05) is 12.1 Å². The van der Waals surface area contributed by atoms with Gasteiger partial charge in [-0.2, -0.15) is 15.0 Å². The second-order valence-electron chi connectivity index (χ2n) is 3.52. The first-order valence-electron chi connectivity index (χ1n) is 5.08. The molecule has 2 N–H and O–H groups in total. The van der Waals surface area contributed by atoms with E-state index < -0.39 is 7.12 Å². The molecule has 0 spiro atoms. The smallest absolute Gasteiger partial charge is 0.497 e. The first-order valence-corrected chi connectivity index (χ1v) is 5.08. The minimum absolute atomic E-state index is 0.138. The van der Waals surface area contributed by atoms with Gasteiger partial charge in [-0.3, -0.25) is 0 Å². The van der Waals surface area contributed by atoms with Crippen molar-refractivity contribution in [1.29, 1.82) is 0 Å². The van der Waals surface area contributed by atoms with E-state index in [-0.39, 0.29) is 5.59 Å². The van der Waals surface area contributed by atoms with E-state index in [1.54, 1.807) is 7.11 Å². The molecule has 7 heteroatoms. The highest BCUT2D eigenvalue weighted by Gasteiger charge is 2.15. The van der Waals surface area contributed by atoms with Crippen molar-refractivity contribution in [2.75, 3.05) is 7.11 Å². The Labute approximate surface area is 98.6 Å². The number of aromatic nitrogens is 3. The lowest BCUT2D eigenvalue weighted by molar-refractivity contribution is 0.414. The van der Waals surface area contributed by atoms with Crippen LogP contribution >= 0.6 is 0 Å². The van der Waals surface area contributed by atoms with E-state index in [9.17, 15) is 0 Å². The van der Waals surface area contributed by atoms with Crippen LogP contribution in [0.3, 0.4) is 0 Å². The Bertz CT molecular complexity index is 484. The van der Waals surface area contributed by atoms with Crippen molar-refractivity contribution in [3.63, 3.8) is 0 Å². The third kappa shape index (κ3) is 2.83. The molecule has 0 saturated heterocycles. The van der Waals surface area contributed by atoms with Gasteiger partial charge in [-0.15, -0.1) is 0 Å². The molecule has 6 nitrogen and oxygen atoms in total. The van der Waals surface area contributed by atoms with Crippen molar-refractivity contribution < 1.29 is 14.8 Å². The summed E-state index contributed by atoms with van der Waals surface area (Å²) in [7, 11) is 0.0264. The molecule has 0 aliphatic rings. The van der Waals surface area contributed by atoms with Gasteiger partial charge in [0.05, 0.1) is 19.9 Å². The molecule has 1 aromatic heterocycles. The third-order valence-electron chi connectivity index (χ3n) is 2.30. The van der Waals surface area contributed by atoms with Crippen molar-refractivity contribution in [2.45, 2.75) is 6.54 Å². The average molecular weight is 233 g/mol. The number of ether oxygens (including phenoxy) is 1. The van der Waals surface area contributed by atoms with Gasteiger partial charge in [0, 0.05) is 0 Å². The van der Waals surface area contributed by atoms with Gasteiger partial charge in [-0.25, -0.2) is 0 Å². The zero-order valence-electron chi connectivity index (χ0n) is 9.32.